The predicted molar refractivity (Wildman–Crippen MR) is 67.6 cm³/mol. The van der Waals surface area contributed by atoms with Crippen LogP contribution in [-0.4, -0.2) is 23.8 Å². The van der Waals surface area contributed by atoms with Crippen molar-refractivity contribution in [1.82, 2.24) is 5.32 Å². The molecule has 0 spiro atoms. The van der Waals surface area contributed by atoms with Crippen molar-refractivity contribution in [2.75, 3.05) is 0 Å². The molecule has 2 rings (SSSR count). The maximum absolute atomic E-state index is 9.45. The fraction of sp³-hybridized carbons (Fsp3) is 0.929. The summed E-state index contributed by atoms with van der Waals surface area (Å²) in [5.74, 6) is 0. The van der Waals surface area contributed by atoms with Crippen LogP contribution in [0.25, 0.3) is 0 Å². The molecule has 1 N–H and O–H groups in total. The summed E-state index contributed by atoms with van der Waals surface area (Å²) in [6, 6.07) is 2.86. The minimum absolute atomic E-state index is 0.292. The summed E-state index contributed by atoms with van der Waals surface area (Å²) in [6.07, 6.45) is 8.56. The molecule has 2 fully saturated rings. The highest BCUT2D eigenvalue weighted by molar-refractivity contribution is 5.10. The molecule has 0 saturated heterocycles. The summed E-state index contributed by atoms with van der Waals surface area (Å²) < 4.78 is 6.07. The van der Waals surface area contributed by atoms with Gasteiger partial charge in [0.2, 0.25) is 0 Å². The van der Waals surface area contributed by atoms with Crippen LogP contribution in [0.3, 0.4) is 0 Å². The van der Waals surface area contributed by atoms with Gasteiger partial charge < -0.3 is 4.74 Å². The number of ether oxygens (including phenoxy) is 1. The number of hydrogen-bond donors (Lipinski definition) is 1. The van der Waals surface area contributed by atoms with Gasteiger partial charge in [0.05, 0.1) is 18.3 Å². The van der Waals surface area contributed by atoms with Crippen LogP contribution in [0.4, 0.5) is 0 Å². The van der Waals surface area contributed by atoms with Crippen LogP contribution in [-0.2, 0) is 4.74 Å². The fourth-order valence-electron chi connectivity index (χ4n) is 2.94. The van der Waals surface area contributed by atoms with Gasteiger partial charge in [-0.2, -0.15) is 5.26 Å². The summed E-state index contributed by atoms with van der Waals surface area (Å²) in [6.45, 7) is 4.21. The van der Waals surface area contributed by atoms with Gasteiger partial charge in [-0.1, -0.05) is 0 Å². The van der Waals surface area contributed by atoms with Crippen molar-refractivity contribution >= 4 is 0 Å². The lowest BCUT2D eigenvalue weighted by atomic mass is 9.80. The lowest BCUT2D eigenvalue weighted by molar-refractivity contribution is -0.0746. The average molecular weight is 236 g/mol. The highest BCUT2D eigenvalue weighted by atomic mass is 16.5. The lowest BCUT2D eigenvalue weighted by Crippen LogP contribution is -2.52. The Balaban J connectivity index is 1.91. The van der Waals surface area contributed by atoms with E-state index in [0.29, 0.717) is 18.2 Å². The first-order valence-electron chi connectivity index (χ1n) is 6.98. The molecule has 0 aromatic rings. The number of hydrogen-bond acceptors (Lipinski definition) is 3. The summed E-state index contributed by atoms with van der Waals surface area (Å²) in [5.41, 5.74) is -0.346. The molecule has 0 radical (unpaired) electrons. The molecule has 17 heavy (non-hydrogen) atoms. The van der Waals surface area contributed by atoms with Crippen LogP contribution in [0.2, 0.25) is 0 Å². The van der Waals surface area contributed by atoms with E-state index < -0.39 is 0 Å². The Bertz CT molecular complexity index is 293. The molecule has 0 amide bonds. The van der Waals surface area contributed by atoms with E-state index in [4.69, 9.17) is 4.74 Å². The second-order valence-electron chi connectivity index (χ2n) is 5.90. The maximum atomic E-state index is 9.45. The van der Waals surface area contributed by atoms with E-state index >= 15 is 0 Å². The van der Waals surface area contributed by atoms with E-state index in [9.17, 15) is 5.26 Å². The van der Waals surface area contributed by atoms with Gasteiger partial charge in [-0.25, -0.2) is 0 Å². The van der Waals surface area contributed by atoms with Crippen molar-refractivity contribution in [2.24, 2.45) is 0 Å². The van der Waals surface area contributed by atoms with Gasteiger partial charge in [0, 0.05) is 12.5 Å². The van der Waals surface area contributed by atoms with Gasteiger partial charge >= 0.3 is 0 Å². The van der Waals surface area contributed by atoms with Crippen molar-refractivity contribution < 1.29 is 4.74 Å². The zero-order valence-corrected chi connectivity index (χ0v) is 11.0. The highest BCUT2D eigenvalue weighted by Crippen LogP contribution is 2.33. The lowest BCUT2D eigenvalue weighted by Gasteiger charge is -2.40. The molecule has 2 unspecified atom stereocenters. The zero-order chi connectivity index (χ0) is 12.3. The molecule has 0 heterocycles. The number of nitrogens with zero attached hydrogens (tertiary/aromatic N) is 1. The van der Waals surface area contributed by atoms with Gasteiger partial charge in [0.25, 0.3) is 0 Å². The third-order valence-corrected chi connectivity index (χ3v) is 3.92. The second kappa shape index (κ2) is 5.37. The van der Waals surface area contributed by atoms with Crippen molar-refractivity contribution in [2.45, 2.75) is 82.6 Å². The summed E-state index contributed by atoms with van der Waals surface area (Å²) in [5, 5.41) is 12.9. The molecule has 2 saturated carbocycles. The Kier molecular flexibility index (Phi) is 4.06. The van der Waals surface area contributed by atoms with Gasteiger partial charge in [-0.3, -0.25) is 5.32 Å². The average Bonchev–Trinajstić information content (AvgIpc) is 2.23. The predicted octanol–water partition coefficient (Wildman–Crippen LogP) is 2.76. The Hall–Kier alpha value is -0.590. The third-order valence-electron chi connectivity index (χ3n) is 3.92. The first kappa shape index (κ1) is 12.9. The first-order chi connectivity index (χ1) is 8.13. The van der Waals surface area contributed by atoms with Gasteiger partial charge in [0.1, 0.15) is 5.54 Å². The summed E-state index contributed by atoms with van der Waals surface area (Å²) in [7, 11) is 0. The van der Waals surface area contributed by atoms with Gasteiger partial charge in [0.15, 0.2) is 0 Å². The standard InChI is InChI=1S/C14H24N2O/c1-11(2)16-14(10-15)8-4-7-13(9-14)17-12-5-3-6-12/h11-13,16H,3-9H2,1-2H3. The molecule has 2 aliphatic rings. The molecular weight excluding hydrogens is 212 g/mol. The second-order valence-corrected chi connectivity index (χ2v) is 5.90. The van der Waals surface area contributed by atoms with E-state index in [1.807, 2.05) is 0 Å². The van der Waals surface area contributed by atoms with Crippen LogP contribution >= 0.6 is 0 Å². The van der Waals surface area contributed by atoms with Crippen molar-refractivity contribution in [1.29, 1.82) is 5.26 Å². The van der Waals surface area contributed by atoms with Crippen LogP contribution < -0.4 is 5.32 Å². The topological polar surface area (TPSA) is 45.0 Å². The molecule has 3 nitrogen and oxygen atoms in total. The Morgan fingerprint density at radius 1 is 1.24 bits per heavy atom. The van der Waals surface area contributed by atoms with E-state index in [2.05, 4.69) is 25.2 Å². The molecule has 2 atom stereocenters. The van der Waals surface area contributed by atoms with E-state index in [1.54, 1.807) is 0 Å². The smallest absolute Gasteiger partial charge is 0.109 e. The Labute approximate surface area is 105 Å². The molecule has 3 heteroatoms. The van der Waals surface area contributed by atoms with Crippen molar-refractivity contribution in [3.8, 4) is 6.07 Å². The molecule has 2 aliphatic carbocycles. The van der Waals surface area contributed by atoms with Crippen molar-refractivity contribution in [3.63, 3.8) is 0 Å². The van der Waals surface area contributed by atoms with Crippen LogP contribution in [0.1, 0.15) is 58.8 Å². The number of nitriles is 1. The number of rotatable bonds is 4. The van der Waals surface area contributed by atoms with Gasteiger partial charge in [-0.05, 0) is 52.4 Å². The summed E-state index contributed by atoms with van der Waals surface area (Å²) >= 11 is 0. The normalized spacial score (nSPS) is 34.4. The largest absolute Gasteiger partial charge is 0.375 e. The molecule has 96 valence electrons. The van der Waals surface area contributed by atoms with Crippen LogP contribution in [0, 0.1) is 11.3 Å². The first-order valence-corrected chi connectivity index (χ1v) is 6.98. The maximum Gasteiger partial charge on any atom is 0.109 e. The monoisotopic (exact) mass is 236 g/mol. The number of nitrogens with one attached hydrogen (secondary N) is 1. The molecule has 0 aliphatic heterocycles. The van der Waals surface area contributed by atoms with E-state index in [-0.39, 0.29) is 5.54 Å². The van der Waals surface area contributed by atoms with Gasteiger partial charge in [-0.15, -0.1) is 0 Å². The Morgan fingerprint density at radius 3 is 2.47 bits per heavy atom. The van der Waals surface area contributed by atoms with E-state index in [0.717, 1.165) is 25.7 Å². The SMILES string of the molecule is CC(C)NC1(C#N)CCCC(OC2CCC2)C1. The van der Waals surface area contributed by atoms with Crippen molar-refractivity contribution in [3.05, 3.63) is 0 Å². The van der Waals surface area contributed by atoms with E-state index in [1.165, 1.54) is 19.3 Å². The zero-order valence-electron chi connectivity index (χ0n) is 11.0. The quantitative estimate of drug-likeness (QED) is 0.816. The van der Waals surface area contributed by atoms with Crippen LogP contribution in [0.5, 0.6) is 0 Å². The fourth-order valence-corrected chi connectivity index (χ4v) is 2.94. The molecular formula is C14H24N2O. The molecule has 0 bridgehead atoms. The third kappa shape index (κ3) is 3.20. The summed E-state index contributed by atoms with van der Waals surface area (Å²) in [4.78, 5) is 0. The van der Waals surface area contributed by atoms with Crippen LogP contribution in [0.15, 0.2) is 0 Å². The minimum Gasteiger partial charge on any atom is -0.375 e. The molecule has 0 aromatic heterocycles. The highest BCUT2D eigenvalue weighted by Gasteiger charge is 2.38. The Morgan fingerprint density at radius 2 is 1.94 bits per heavy atom. The molecule has 0 aromatic carbocycles. The minimum atomic E-state index is -0.346.